The van der Waals surface area contributed by atoms with E-state index < -0.39 is 0 Å². The third kappa shape index (κ3) is 4.90. The van der Waals surface area contributed by atoms with Crippen LogP contribution in [0.25, 0.3) is 11.6 Å². The molecule has 0 aromatic heterocycles. The van der Waals surface area contributed by atoms with Crippen LogP contribution in [-0.2, 0) is 4.74 Å². The van der Waals surface area contributed by atoms with Gasteiger partial charge in [-0.15, -0.1) is 0 Å². The van der Waals surface area contributed by atoms with Crippen LogP contribution in [-0.4, -0.2) is 43.7 Å². The largest absolute Gasteiger partial charge is 0.508 e. The van der Waals surface area contributed by atoms with Gasteiger partial charge in [0.2, 0.25) is 0 Å². The van der Waals surface area contributed by atoms with Gasteiger partial charge in [-0.2, -0.15) is 0 Å². The number of methoxy groups -OCH3 is 1. The summed E-state index contributed by atoms with van der Waals surface area (Å²) in [6, 6.07) is 14.9. The maximum atomic E-state index is 11.8. The van der Waals surface area contributed by atoms with E-state index in [9.17, 15) is 9.90 Å². The molecule has 0 spiro atoms. The summed E-state index contributed by atoms with van der Waals surface area (Å²) in [6.07, 6.45) is 6.38. The maximum absolute atomic E-state index is 11.8. The SMILES string of the molecule is COC(=O)c1cccc(C=C2C=C(c3cccc(O)c3)C(CN(C)C)CC2)c1. The van der Waals surface area contributed by atoms with Crippen molar-refractivity contribution in [2.75, 3.05) is 27.7 Å². The Morgan fingerprint density at radius 3 is 2.71 bits per heavy atom. The van der Waals surface area contributed by atoms with Gasteiger partial charge in [0, 0.05) is 6.54 Å². The summed E-state index contributed by atoms with van der Waals surface area (Å²) in [5.41, 5.74) is 5.05. The van der Waals surface area contributed by atoms with Crippen LogP contribution in [0.3, 0.4) is 0 Å². The molecule has 0 saturated carbocycles. The summed E-state index contributed by atoms with van der Waals surface area (Å²) in [4.78, 5) is 14.0. The van der Waals surface area contributed by atoms with Crippen molar-refractivity contribution in [1.29, 1.82) is 0 Å². The van der Waals surface area contributed by atoms with Gasteiger partial charge >= 0.3 is 5.97 Å². The Morgan fingerprint density at radius 1 is 1.21 bits per heavy atom. The van der Waals surface area contributed by atoms with Crippen LogP contribution in [0.4, 0.5) is 0 Å². The monoisotopic (exact) mass is 377 g/mol. The number of benzene rings is 2. The Labute approximate surface area is 166 Å². The van der Waals surface area contributed by atoms with Gasteiger partial charge in [-0.1, -0.05) is 36.4 Å². The topological polar surface area (TPSA) is 49.8 Å². The Balaban J connectivity index is 1.97. The van der Waals surface area contributed by atoms with Gasteiger partial charge in [0.05, 0.1) is 12.7 Å². The van der Waals surface area contributed by atoms with E-state index in [4.69, 9.17) is 4.74 Å². The van der Waals surface area contributed by atoms with Crippen molar-refractivity contribution in [1.82, 2.24) is 4.90 Å². The minimum Gasteiger partial charge on any atom is -0.508 e. The zero-order valence-electron chi connectivity index (χ0n) is 16.7. The Bertz CT molecular complexity index is 912. The van der Waals surface area contributed by atoms with Gasteiger partial charge < -0.3 is 14.7 Å². The predicted molar refractivity (Wildman–Crippen MR) is 113 cm³/mol. The van der Waals surface area contributed by atoms with E-state index in [1.165, 1.54) is 18.3 Å². The molecule has 0 aliphatic heterocycles. The number of rotatable bonds is 5. The van der Waals surface area contributed by atoms with Crippen LogP contribution < -0.4 is 0 Å². The Kier molecular flexibility index (Phi) is 6.32. The highest BCUT2D eigenvalue weighted by molar-refractivity contribution is 5.90. The molecule has 1 aliphatic carbocycles. The van der Waals surface area contributed by atoms with E-state index in [1.807, 2.05) is 30.3 Å². The van der Waals surface area contributed by atoms with Crippen molar-refractivity contribution in [3.8, 4) is 5.75 Å². The number of phenols is 1. The number of aromatic hydroxyl groups is 1. The smallest absolute Gasteiger partial charge is 0.337 e. The summed E-state index contributed by atoms with van der Waals surface area (Å²) in [6.45, 7) is 0.965. The van der Waals surface area contributed by atoms with E-state index in [0.29, 0.717) is 11.5 Å². The molecule has 1 unspecified atom stereocenters. The average Bonchev–Trinajstić information content (AvgIpc) is 2.68. The highest BCUT2D eigenvalue weighted by Gasteiger charge is 2.22. The lowest BCUT2D eigenvalue weighted by Gasteiger charge is -2.28. The molecule has 0 fully saturated rings. The van der Waals surface area contributed by atoms with Gasteiger partial charge in [0.1, 0.15) is 5.75 Å². The van der Waals surface area contributed by atoms with Crippen molar-refractivity contribution in [2.24, 2.45) is 5.92 Å². The van der Waals surface area contributed by atoms with E-state index in [-0.39, 0.29) is 11.7 Å². The molecule has 0 radical (unpaired) electrons. The standard InChI is InChI=1S/C24H27NO3/c1-25(2)16-21-11-10-18(14-23(21)19-7-5-9-22(26)15-19)12-17-6-4-8-20(13-17)24(27)28-3/h4-9,12-15,21,26H,10-11,16H2,1-3H3. The first-order valence-electron chi connectivity index (χ1n) is 9.51. The molecule has 146 valence electrons. The normalized spacial score (nSPS) is 18.2. The zero-order valence-corrected chi connectivity index (χ0v) is 16.7. The van der Waals surface area contributed by atoms with Crippen LogP contribution >= 0.6 is 0 Å². The molecule has 2 aromatic rings. The predicted octanol–water partition coefficient (Wildman–Crippen LogP) is 4.62. The van der Waals surface area contributed by atoms with Gasteiger partial charge in [0.15, 0.2) is 0 Å². The number of esters is 1. The molecular weight excluding hydrogens is 350 g/mol. The summed E-state index contributed by atoms with van der Waals surface area (Å²) >= 11 is 0. The molecule has 4 heteroatoms. The minimum atomic E-state index is -0.328. The quantitative estimate of drug-likeness (QED) is 0.773. The van der Waals surface area contributed by atoms with Crippen molar-refractivity contribution >= 4 is 17.6 Å². The number of phenolic OH excluding ortho intramolecular Hbond substituents is 1. The highest BCUT2D eigenvalue weighted by Crippen LogP contribution is 2.36. The molecule has 0 heterocycles. The number of hydrogen-bond donors (Lipinski definition) is 1. The highest BCUT2D eigenvalue weighted by atomic mass is 16.5. The molecule has 1 aliphatic rings. The Morgan fingerprint density at radius 2 is 2.00 bits per heavy atom. The molecule has 0 amide bonds. The van der Waals surface area contributed by atoms with Gasteiger partial charge in [-0.25, -0.2) is 4.79 Å². The first-order valence-corrected chi connectivity index (χ1v) is 9.51. The zero-order chi connectivity index (χ0) is 20.1. The second-order valence-electron chi connectivity index (χ2n) is 7.48. The number of carbonyl (C=O) groups is 1. The van der Waals surface area contributed by atoms with Crippen molar-refractivity contribution in [3.63, 3.8) is 0 Å². The number of nitrogens with zero attached hydrogens (tertiary/aromatic N) is 1. The summed E-state index contributed by atoms with van der Waals surface area (Å²) in [5, 5.41) is 9.92. The minimum absolute atomic E-state index is 0.281. The van der Waals surface area contributed by atoms with E-state index >= 15 is 0 Å². The average molecular weight is 377 g/mol. The molecule has 28 heavy (non-hydrogen) atoms. The number of ether oxygens (including phenoxy) is 1. The second-order valence-corrected chi connectivity index (χ2v) is 7.48. The Hall–Kier alpha value is -2.85. The number of allylic oxidation sites excluding steroid dienone is 2. The fraction of sp³-hybridized carbons (Fsp3) is 0.292. The molecule has 0 bridgehead atoms. The third-order valence-corrected chi connectivity index (χ3v) is 4.99. The number of hydrogen-bond acceptors (Lipinski definition) is 4. The van der Waals surface area contributed by atoms with Crippen molar-refractivity contribution in [3.05, 3.63) is 76.9 Å². The van der Waals surface area contributed by atoms with Gasteiger partial charge in [0.25, 0.3) is 0 Å². The van der Waals surface area contributed by atoms with E-state index in [1.54, 1.807) is 12.1 Å². The summed E-state index contributed by atoms with van der Waals surface area (Å²) < 4.78 is 4.82. The summed E-state index contributed by atoms with van der Waals surface area (Å²) in [7, 11) is 5.57. The van der Waals surface area contributed by atoms with Crippen LogP contribution in [0.2, 0.25) is 0 Å². The first-order chi connectivity index (χ1) is 13.5. The van der Waals surface area contributed by atoms with Crippen molar-refractivity contribution < 1.29 is 14.6 Å². The molecule has 0 saturated heterocycles. The molecular formula is C24H27NO3. The van der Waals surface area contributed by atoms with Crippen LogP contribution in [0.15, 0.2) is 60.2 Å². The molecule has 1 N–H and O–H groups in total. The van der Waals surface area contributed by atoms with Crippen LogP contribution in [0.1, 0.15) is 34.3 Å². The van der Waals surface area contributed by atoms with Crippen LogP contribution in [0, 0.1) is 5.92 Å². The fourth-order valence-corrected chi connectivity index (χ4v) is 3.72. The van der Waals surface area contributed by atoms with Crippen LogP contribution in [0.5, 0.6) is 5.75 Å². The number of carbonyl (C=O) groups excluding carboxylic acids is 1. The molecule has 2 aromatic carbocycles. The maximum Gasteiger partial charge on any atom is 0.337 e. The lowest BCUT2D eigenvalue weighted by Crippen LogP contribution is -2.24. The van der Waals surface area contributed by atoms with Crippen molar-refractivity contribution in [2.45, 2.75) is 12.8 Å². The summed E-state index contributed by atoms with van der Waals surface area (Å²) in [5.74, 6) is 0.366. The third-order valence-electron chi connectivity index (χ3n) is 4.99. The van der Waals surface area contributed by atoms with Gasteiger partial charge in [-0.3, -0.25) is 0 Å². The van der Waals surface area contributed by atoms with E-state index in [0.717, 1.165) is 30.5 Å². The lowest BCUT2D eigenvalue weighted by atomic mass is 9.81. The second kappa shape index (κ2) is 8.89. The molecule has 3 rings (SSSR count). The van der Waals surface area contributed by atoms with Gasteiger partial charge in [-0.05, 0) is 79.4 Å². The van der Waals surface area contributed by atoms with E-state index in [2.05, 4.69) is 37.2 Å². The fourth-order valence-electron chi connectivity index (χ4n) is 3.72. The molecule has 1 atom stereocenters. The first kappa shape index (κ1) is 19.9. The molecule has 4 nitrogen and oxygen atoms in total. The lowest BCUT2D eigenvalue weighted by molar-refractivity contribution is 0.0600.